The van der Waals surface area contributed by atoms with Crippen LogP contribution in [0.5, 0.6) is 0 Å². The van der Waals surface area contributed by atoms with Crippen LogP contribution in [0.1, 0.15) is 18.2 Å². The van der Waals surface area contributed by atoms with E-state index in [9.17, 15) is 4.79 Å². The predicted molar refractivity (Wildman–Crippen MR) is 94.1 cm³/mol. The Morgan fingerprint density at radius 2 is 2.04 bits per heavy atom. The predicted octanol–water partition coefficient (Wildman–Crippen LogP) is 2.15. The first kappa shape index (κ1) is 16.1. The van der Waals surface area contributed by atoms with Crippen LogP contribution in [0, 0.1) is 0 Å². The molecule has 0 bridgehead atoms. The highest BCUT2D eigenvalue weighted by Gasteiger charge is 2.50. The molecule has 25 heavy (non-hydrogen) atoms. The fraction of sp³-hybridized carbons (Fsp3) is 0.474. The number of hydrogen-bond donors (Lipinski definition) is 0. The Balaban J connectivity index is 1.53. The summed E-state index contributed by atoms with van der Waals surface area (Å²) in [6, 6.07) is 12.4. The van der Waals surface area contributed by atoms with Crippen molar-refractivity contribution in [1.29, 1.82) is 0 Å². The summed E-state index contributed by atoms with van der Waals surface area (Å²) in [7, 11) is 0. The molecule has 0 radical (unpaired) electrons. The maximum atomic E-state index is 12.2. The second-order valence-electron chi connectivity index (χ2n) is 6.97. The van der Waals surface area contributed by atoms with E-state index >= 15 is 0 Å². The molecule has 0 saturated carbocycles. The Hall–Kier alpha value is -2.34. The van der Waals surface area contributed by atoms with E-state index in [1.54, 1.807) is 0 Å². The summed E-state index contributed by atoms with van der Waals surface area (Å²) >= 11 is 0. The Morgan fingerprint density at radius 3 is 2.80 bits per heavy atom. The Labute approximate surface area is 148 Å². The second-order valence-corrected chi connectivity index (χ2v) is 6.97. The van der Waals surface area contributed by atoms with Crippen molar-refractivity contribution in [2.24, 2.45) is 0 Å². The number of carbonyl (C=O) groups is 1. The summed E-state index contributed by atoms with van der Waals surface area (Å²) in [5, 5.41) is 4.59. The fourth-order valence-corrected chi connectivity index (χ4v) is 3.95. The van der Waals surface area contributed by atoms with Crippen LogP contribution in [-0.4, -0.2) is 57.5 Å². The van der Waals surface area contributed by atoms with Crippen molar-refractivity contribution in [1.82, 2.24) is 19.6 Å². The zero-order chi connectivity index (χ0) is 17.3. The molecule has 2 aliphatic heterocycles. The van der Waals surface area contributed by atoms with Crippen molar-refractivity contribution in [2.45, 2.75) is 32.0 Å². The minimum atomic E-state index is -0.274. The van der Waals surface area contributed by atoms with Gasteiger partial charge in [-0.15, -0.1) is 0 Å². The van der Waals surface area contributed by atoms with Gasteiger partial charge in [0.05, 0.1) is 11.2 Å². The number of piperazine rings is 1. The van der Waals surface area contributed by atoms with Crippen LogP contribution in [0.3, 0.4) is 0 Å². The van der Waals surface area contributed by atoms with Gasteiger partial charge in [0, 0.05) is 45.3 Å². The van der Waals surface area contributed by atoms with Gasteiger partial charge in [-0.1, -0.05) is 30.3 Å². The summed E-state index contributed by atoms with van der Waals surface area (Å²) < 4.78 is 7.39. The first-order chi connectivity index (χ1) is 12.2. The second kappa shape index (κ2) is 6.52. The minimum Gasteiger partial charge on any atom is -0.447 e. The van der Waals surface area contributed by atoms with E-state index in [1.165, 1.54) is 5.56 Å². The molecule has 3 heterocycles. The Morgan fingerprint density at radius 1 is 1.20 bits per heavy atom. The van der Waals surface area contributed by atoms with Gasteiger partial charge in [-0.3, -0.25) is 14.5 Å². The molecular formula is C19H24N4O2. The van der Waals surface area contributed by atoms with Crippen LogP contribution < -0.4 is 0 Å². The van der Waals surface area contributed by atoms with Crippen molar-refractivity contribution >= 4 is 6.09 Å². The largest absolute Gasteiger partial charge is 0.447 e. The molecule has 132 valence electrons. The maximum absolute atomic E-state index is 12.2. The van der Waals surface area contributed by atoms with Crippen LogP contribution >= 0.6 is 0 Å². The summed E-state index contributed by atoms with van der Waals surface area (Å²) in [6.07, 6.45) is 2.67. The highest BCUT2D eigenvalue weighted by atomic mass is 16.6. The average molecular weight is 340 g/mol. The van der Waals surface area contributed by atoms with Crippen LogP contribution in [0.15, 0.2) is 42.6 Å². The van der Waals surface area contributed by atoms with Gasteiger partial charge in [0.1, 0.15) is 6.61 Å². The first-order valence-corrected chi connectivity index (χ1v) is 8.91. The summed E-state index contributed by atoms with van der Waals surface area (Å²) in [5.74, 6) is 0. The number of carbonyl (C=O) groups excluding carboxylic acids is 1. The Kier molecular flexibility index (Phi) is 4.21. The number of hydrogen-bond acceptors (Lipinski definition) is 4. The number of amides is 1. The van der Waals surface area contributed by atoms with E-state index in [4.69, 9.17) is 4.74 Å². The topological polar surface area (TPSA) is 50.6 Å². The molecule has 6 heteroatoms. The molecule has 1 aromatic carbocycles. The van der Waals surface area contributed by atoms with Crippen LogP contribution in [0.4, 0.5) is 4.79 Å². The van der Waals surface area contributed by atoms with Crippen molar-refractivity contribution in [3.05, 3.63) is 53.9 Å². The van der Waals surface area contributed by atoms with E-state index in [0.29, 0.717) is 13.2 Å². The molecular weight excluding hydrogens is 316 g/mol. The van der Waals surface area contributed by atoms with E-state index in [1.807, 2.05) is 34.0 Å². The molecule has 2 fully saturated rings. The van der Waals surface area contributed by atoms with Crippen LogP contribution in [0.2, 0.25) is 0 Å². The molecule has 6 nitrogen and oxygen atoms in total. The number of aryl methyl sites for hydroxylation is 1. The zero-order valence-corrected chi connectivity index (χ0v) is 14.6. The van der Waals surface area contributed by atoms with Crippen molar-refractivity contribution < 1.29 is 9.53 Å². The SMILES string of the molecule is CCn1ccc(CN2CCN3C(=O)OCC3(Cc3ccccc3)C2)n1. The molecule has 0 spiro atoms. The smallest absolute Gasteiger partial charge is 0.410 e. The molecule has 1 atom stereocenters. The number of aromatic nitrogens is 2. The van der Waals surface area contributed by atoms with Gasteiger partial charge in [0.2, 0.25) is 0 Å². The van der Waals surface area contributed by atoms with Crippen molar-refractivity contribution in [3.8, 4) is 0 Å². The van der Waals surface area contributed by atoms with Gasteiger partial charge >= 0.3 is 6.09 Å². The number of rotatable bonds is 5. The standard InChI is InChI=1S/C19H24N4O2/c1-2-22-9-8-17(20-22)13-21-10-11-23-18(24)25-15-19(23,14-21)12-16-6-4-3-5-7-16/h3-9H,2,10-15H2,1H3. The molecule has 0 N–H and O–H groups in total. The lowest BCUT2D eigenvalue weighted by Gasteiger charge is -2.44. The first-order valence-electron chi connectivity index (χ1n) is 8.91. The Bertz CT molecular complexity index is 745. The van der Waals surface area contributed by atoms with Crippen molar-refractivity contribution in [2.75, 3.05) is 26.2 Å². The summed E-state index contributed by atoms with van der Waals surface area (Å²) in [4.78, 5) is 16.5. The minimum absolute atomic E-state index is 0.175. The number of fused-ring (bicyclic) bond motifs is 1. The van der Waals surface area contributed by atoms with E-state index in [0.717, 1.165) is 38.3 Å². The lowest BCUT2D eigenvalue weighted by atomic mass is 9.88. The highest BCUT2D eigenvalue weighted by molar-refractivity contribution is 5.71. The molecule has 4 rings (SSSR count). The van der Waals surface area contributed by atoms with Gasteiger partial charge < -0.3 is 4.74 Å². The third-order valence-electron chi connectivity index (χ3n) is 5.20. The van der Waals surface area contributed by atoms with Gasteiger partial charge in [0.25, 0.3) is 0 Å². The molecule has 2 aliphatic rings. The molecule has 1 aromatic heterocycles. The van der Waals surface area contributed by atoms with Gasteiger partial charge in [-0.05, 0) is 18.6 Å². The number of cyclic esters (lactones) is 1. The summed E-state index contributed by atoms with van der Waals surface area (Å²) in [5.41, 5.74) is 2.04. The third-order valence-corrected chi connectivity index (χ3v) is 5.20. The lowest BCUT2D eigenvalue weighted by Crippen LogP contribution is -2.62. The maximum Gasteiger partial charge on any atom is 0.410 e. The monoisotopic (exact) mass is 340 g/mol. The molecule has 1 amide bonds. The number of nitrogens with zero attached hydrogens (tertiary/aromatic N) is 4. The van der Waals surface area contributed by atoms with E-state index < -0.39 is 0 Å². The highest BCUT2D eigenvalue weighted by Crippen LogP contribution is 2.32. The molecule has 2 saturated heterocycles. The number of ether oxygens (including phenoxy) is 1. The van der Waals surface area contributed by atoms with Gasteiger partial charge in [-0.25, -0.2) is 4.79 Å². The molecule has 0 aliphatic carbocycles. The van der Waals surface area contributed by atoms with Crippen LogP contribution in [-0.2, 0) is 24.2 Å². The fourth-order valence-electron chi connectivity index (χ4n) is 3.95. The third kappa shape index (κ3) is 3.14. The summed E-state index contributed by atoms with van der Waals surface area (Å²) in [6.45, 7) is 6.61. The zero-order valence-electron chi connectivity index (χ0n) is 14.6. The van der Waals surface area contributed by atoms with E-state index in [2.05, 4.69) is 35.1 Å². The van der Waals surface area contributed by atoms with Crippen molar-refractivity contribution in [3.63, 3.8) is 0 Å². The molecule has 1 unspecified atom stereocenters. The van der Waals surface area contributed by atoms with E-state index in [-0.39, 0.29) is 11.6 Å². The lowest BCUT2D eigenvalue weighted by molar-refractivity contribution is 0.0469. The number of benzene rings is 1. The van der Waals surface area contributed by atoms with Gasteiger partial charge in [-0.2, -0.15) is 5.10 Å². The molecule has 2 aromatic rings. The van der Waals surface area contributed by atoms with Gasteiger partial charge in [0.15, 0.2) is 0 Å². The quantitative estimate of drug-likeness (QED) is 0.837. The van der Waals surface area contributed by atoms with Crippen LogP contribution in [0.25, 0.3) is 0 Å². The average Bonchev–Trinajstić information content (AvgIpc) is 3.20. The normalized spacial score (nSPS) is 23.6.